The number of sulfone groups is 1. The Morgan fingerprint density at radius 3 is 2.62 bits per heavy atom. The van der Waals surface area contributed by atoms with Crippen molar-refractivity contribution in [3.05, 3.63) is 29.8 Å². The third kappa shape index (κ3) is 2.52. The second-order valence-corrected chi connectivity index (χ2v) is 10.0. The Kier molecular flexibility index (Phi) is 4.01. The Hall–Kier alpha value is -0.910. The molecule has 1 heterocycles. The van der Waals surface area contributed by atoms with E-state index in [2.05, 4.69) is 5.32 Å². The van der Waals surface area contributed by atoms with Gasteiger partial charge in [-0.2, -0.15) is 0 Å². The molecule has 1 aromatic carbocycles. The molecule has 1 saturated heterocycles. The van der Waals surface area contributed by atoms with Crippen molar-refractivity contribution < 1.29 is 13.2 Å². The van der Waals surface area contributed by atoms with E-state index >= 15 is 0 Å². The topological polar surface area (TPSA) is 55.4 Å². The van der Waals surface area contributed by atoms with Crippen LogP contribution >= 0.6 is 0 Å². The zero-order valence-corrected chi connectivity index (χ0v) is 15.3. The van der Waals surface area contributed by atoms with Gasteiger partial charge in [0.05, 0.1) is 16.8 Å². The summed E-state index contributed by atoms with van der Waals surface area (Å²) >= 11 is 0. The van der Waals surface area contributed by atoms with Gasteiger partial charge in [0, 0.05) is 30.0 Å². The van der Waals surface area contributed by atoms with Crippen LogP contribution in [0.5, 0.6) is 0 Å². The molecule has 5 heteroatoms. The minimum atomic E-state index is -3.25. The molecule has 132 valence electrons. The molecule has 4 nitrogen and oxygen atoms in total. The molecule has 3 aliphatic rings. The lowest BCUT2D eigenvalue weighted by molar-refractivity contribution is -0.177. The van der Waals surface area contributed by atoms with Crippen molar-refractivity contribution in [2.45, 2.75) is 62.6 Å². The third-order valence-electron chi connectivity index (χ3n) is 6.35. The first kappa shape index (κ1) is 16.6. The Balaban J connectivity index is 1.43. The van der Waals surface area contributed by atoms with Gasteiger partial charge in [0.1, 0.15) is 0 Å². The van der Waals surface area contributed by atoms with E-state index in [1.54, 1.807) is 12.1 Å². The molecule has 1 aliphatic heterocycles. The van der Waals surface area contributed by atoms with Crippen molar-refractivity contribution in [2.24, 2.45) is 11.3 Å². The van der Waals surface area contributed by atoms with E-state index in [-0.39, 0.29) is 11.8 Å². The maximum Gasteiger partial charge on any atom is 0.179 e. The Morgan fingerprint density at radius 1 is 1.29 bits per heavy atom. The highest BCUT2D eigenvalue weighted by Gasteiger charge is 2.66. The van der Waals surface area contributed by atoms with Gasteiger partial charge in [0.15, 0.2) is 9.84 Å². The summed E-state index contributed by atoms with van der Waals surface area (Å²) in [6, 6.07) is 7.55. The van der Waals surface area contributed by atoms with Crippen LogP contribution in [0.25, 0.3) is 0 Å². The van der Waals surface area contributed by atoms with Crippen molar-refractivity contribution in [1.82, 2.24) is 5.32 Å². The summed E-state index contributed by atoms with van der Waals surface area (Å²) in [7, 11) is -3.25. The van der Waals surface area contributed by atoms with Crippen molar-refractivity contribution in [1.29, 1.82) is 0 Å². The molecule has 2 aliphatic carbocycles. The lowest BCUT2D eigenvalue weighted by atomic mass is 9.46. The largest absolute Gasteiger partial charge is 0.377 e. The van der Waals surface area contributed by atoms with Crippen molar-refractivity contribution >= 4 is 9.84 Å². The van der Waals surface area contributed by atoms with E-state index in [0.717, 1.165) is 18.6 Å². The second-order valence-electron chi connectivity index (χ2n) is 7.97. The smallest absolute Gasteiger partial charge is 0.179 e. The summed E-state index contributed by atoms with van der Waals surface area (Å²) in [6.07, 6.45) is 5.26. The molecule has 4 rings (SSSR count). The molecular formula is C19H27NO3S. The number of aryl methyl sites for hydroxylation is 1. The highest BCUT2D eigenvalue weighted by molar-refractivity contribution is 7.91. The number of nitrogens with one attached hydrogen (secondary N) is 1. The summed E-state index contributed by atoms with van der Waals surface area (Å²) in [6.45, 7) is 4.84. The van der Waals surface area contributed by atoms with Crippen LogP contribution in [-0.4, -0.2) is 39.0 Å². The molecule has 1 N–H and O–H groups in total. The van der Waals surface area contributed by atoms with Crippen LogP contribution in [0.1, 0.15) is 38.2 Å². The van der Waals surface area contributed by atoms with Crippen LogP contribution in [0.4, 0.5) is 0 Å². The number of hydrogen-bond donors (Lipinski definition) is 1. The molecular weight excluding hydrogens is 322 g/mol. The lowest BCUT2D eigenvalue weighted by Gasteiger charge is -2.64. The molecule has 1 spiro atoms. The lowest BCUT2D eigenvalue weighted by Crippen LogP contribution is -2.72. The fourth-order valence-electron chi connectivity index (χ4n) is 5.02. The molecule has 4 unspecified atom stereocenters. The fraction of sp³-hybridized carbons (Fsp3) is 0.684. The van der Waals surface area contributed by atoms with E-state index in [0.29, 0.717) is 28.4 Å². The van der Waals surface area contributed by atoms with Crippen LogP contribution in [-0.2, 0) is 14.6 Å². The second kappa shape index (κ2) is 5.82. The Bertz CT molecular complexity index is 709. The van der Waals surface area contributed by atoms with Gasteiger partial charge in [-0.05, 0) is 45.2 Å². The monoisotopic (exact) mass is 349 g/mol. The number of ether oxygens (including phenoxy) is 1. The van der Waals surface area contributed by atoms with E-state index in [4.69, 9.17) is 4.74 Å². The van der Waals surface area contributed by atoms with Crippen molar-refractivity contribution in [2.75, 3.05) is 12.4 Å². The first-order valence-corrected chi connectivity index (χ1v) is 10.7. The van der Waals surface area contributed by atoms with Gasteiger partial charge >= 0.3 is 0 Å². The summed E-state index contributed by atoms with van der Waals surface area (Å²) in [5.74, 6) is 0.732. The normalized spacial score (nSPS) is 32.0. The zero-order valence-electron chi connectivity index (χ0n) is 14.5. The van der Waals surface area contributed by atoms with E-state index in [1.807, 2.05) is 26.0 Å². The maximum absolute atomic E-state index is 12.6. The Labute approximate surface area is 144 Å². The highest BCUT2D eigenvalue weighted by atomic mass is 32.2. The summed E-state index contributed by atoms with van der Waals surface area (Å²) in [4.78, 5) is 0.427. The van der Waals surface area contributed by atoms with E-state index in [1.165, 1.54) is 19.3 Å². The maximum atomic E-state index is 12.6. The molecule has 2 saturated carbocycles. The van der Waals surface area contributed by atoms with Crippen molar-refractivity contribution in [3.8, 4) is 0 Å². The molecule has 3 fully saturated rings. The average molecular weight is 349 g/mol. The molecule has 0 bridgehead atoms. The van der Waals surface area contributed by atoms with Gasteiger partial charge in [0.25, 0.3) is 0 Å². The molecule has 0 aromatic heterocycles. The SMILES string of the molecule is Cc1ccc(S(=O)(=O)CC(C)NC2C3CCOC3C23CCC3)cc1. The summed E-state index contributed by atoms with van der Waals surface area (Å²) in [5.41, 5.74) is 1.37. The predicted octanol–water partition coefficient (Wildman–Crippen LogP) is 2.70. The number of rotatable bonds is 5. The van der Waals surface area contributed by atoms with Crippen LogP contribution < -0.4 is 5.32 Å². The minimum absolute atomic E-state index is 0.0414. The van der Waals surface area contributed by atoms with Crippen LogP contribution in [0.3, 0.4) is 0 Å². The van der Waals surface area contributed by atoms with Gasteiger partial charge in [0.2, 0.25) is 0 Å². The zero-order chi connectivity index (χ0) is 16.9. The van der Waals surface area contributed by atoms with Crippen molar-refractivity contribution in [3.63, 3.8) is 0 Å². The highest BCUT2D eigenvalue weighted by Crippen LogP contribution is 2.62. The third-order valence-corrected chi connectivity index (χ3v) is 8.28. The standard InChI is InChI=1S/C19H27NO3S/c1-13-4-6-15(7-5-13)24(21,22)12-14(2)20-17-16-8-11-23-18(16)19(17)9-3-10-19/h4-7,14,16-18,20H,3,8-12H2,1-2H3. The van der Waals surface area contributed by atoms with E-state index < -0.39 is 9.84 Å². The first-order chi connectivity index (χ1) is 11.4. The molecule has 0 radical (unpaired) electrons. The minimum Gasteiger partial charge on any atom is -0.377 e. The predicted molar refractivity (Wildman–Crippen MR) is 93.7 cm³/mol. The number of hydrogen-bond acceptors (Lipinski definition) is 4. The van der Waals surface area contributed by atoms with Crippen LogP contribution in [0.15, 0.2) is 29.2 Å². The van der Waals surface area contributed by atoms with Crippen LogP contribution in [0, 0.1) is 18.3 Å². The van der Waals surface area contributed by atoms with Gasteiger partial charge in [-0.3, -0.25) is 0 Å². The van der Waals surface area contributed by atoms with Gasteiger partial charge in [-0.1, -0.05) is 24.1 Å². The summed E-state index contributed by atoms with van der Waals surface area (Å²) < 4.78 is 31.2. The number of benzene rings is 1. The van der Waals surface area contributed by atoms with Gasteiger partial charge < -0.3 is 10.1 Å². The Morgan fingerprint density at radius 2 is 2.00 bits per heavy atom. The number of fused-ring (bicyclic) bond motifs is 2. The fourth-order valence-corrected chi connectivity index (χ4v) is 6.52. The van der Waals surface area contributed by atoms with E-state index in [9.17, 15) is 8.42 Å². The molecule has 4 atom stereocenters. The molecule has 24 heavy (non-hydrogen) atoms. The van der Waals surface area contributed by atoms with Crippen LogP contribution in [0.2, 0.25) is 0 Å². The van der Waals surface area contributed by atoms with Gasteiger partial charge in [-0.15, -0.1) is 0 Å². The molecule has 0 amide bonds. The molecule has 1 aromatic rings. The van der Waals surface area contributed by atoms with Gasteiger partial charge in [-0.25, -0.2) is 8.42 Å². The first-order valence-electron chi connectivity index (χ1n) is 9.09. The average Bonchev–Trinajstić information content (AvgIpc) is 2.88. The quantitative estimate of drug-likeness (QED) is 0.888. The summed E-state index contributed by atoms with van der Waals surface area (Å²) in [5, 5.41) is 3.66.